The molecule has 164 valence electrons. The van der Waals surface area contributed by atoms with Crippen molar-refractivity contribution in [2.24, 2.45) is 7.05 Å². The molecule has 0 saturated carbocycles. The Kier molecular flexibility index (Phi) is 6.97. The number of nitrogens with zero attached hydrogens (tertiary/aromatic N) is 3. The highest BCUT2D eigenvalue weighted by Gasteiger charge is 2.20. The van der Waals surface area contributed by atoms with Gasteiger partial charge < -0.3 is 10.3 Å². The van der Waals surface area contributed by atoms with Crippen LogP contribution < -0.4 is 10.9 Å². The van der Waals surface area contributed by atoms with E-state index in [1.54, 1.807) is 18.2 Å². The summed E-state index contributed by atoms with van der Waals surface area (Å²) in [4.78, 5) is 30.0. The lowest BCUT2D eigenvalue weighted by Gasteiger charge is -2.25. The molecule has 0 aliphatic carbocycles. The Morgan fingerprint density at radius 2 is 1.97 bits per heavy atom. The first-order valence-corrected chi connectivity index (χ1v) is 10.5. The predicted molar refractivity (Wildman–Crippen MR) is 122 cm³/mol. The van der Waals surface area contributed by atoms with Gasteiger partial charge in [0.1, 0.15) is 5.56 Å². The topological polar surface area (TPSA) is 83.0 Å². The molecular weight excluding hydrogens is 414 g/mol. The molecule has 0 bridgehead atoms. The highest BCUT2D eigenvalue weighted by Crippen LogP contribution is 2.26. The SMILES string of the molecule is Cc1nn(C)c(C)c1C(C)N(C)Cc1ccc(C(=O)NCc2ccccc2Cl)c(=O)[nH]1. The van der Waals surface area contributed by atoms with Gasteiger partial charge in [-0.05, 0) is 51.6 Å². The lowest BCUT2D eigenvalue weighted by Crippen LogP contribution is -2.30. The van der Waals surface area contributed by atoms with Gasteiger partial charge in [-0.25, -0.2) is 0 Å². The van der Waals surface area contributed by atoms with Crippen molar-refractivity contribution in [3.05, 3.63) is 85.5 Å². The highest BCUT2D eigenvalue weighted by atomic mass is 35.5. The van der Waals surface area contributed by atoms with Gasteiger partial charge in [0.15, 0.2) is 0 Å². The summed E-state index contributed by atoms with van der Waals surface area (Å²) >= 11 is 6.12. The second kappa shape index (κ2) is 9.49. The van der Waals surface area contributed by atoms with Crippen molar-refractivity contribution in [1.29, 1.82) is 0 Å². The summed E-state index contributed by atoms with van der Waals surface area (Å²) in [6.07, 6.45) is 0. The molecule has 1 atom stereocenters. The quantitative estimate of drug-likeness (QED) is 0.587. The van der Waals surface area contributed by atoms with Gasteiger partial charge in [-0.15, -0.1) is 0 Å². The number of nitrogens with one attached hydrogen (secondary N) is 2. The largest absolute Gasteiger partial charge is 0.348 e. The Bertz CT molecular complexity index is 1150. The van der Waals surface area contributed by atoms with Crippen molar-refractivity contribution < 1.29 is 4.79 Å². The van der Waals surface area contributed by atoms with Gasteiger partial charge in [-0.2, -0.15) is 5.10 Å². The van der Waals surface area contributed by atoms with Crippen molar-refractivity contribution in [3.63, 3.8) is 0 Å². The Labute approximate surface area is 187 Å². The van der Waals surface area contributed by atoms with Crippen LogP contribution in [0.2, 0.25) is 5.02 Å². The first-order chi connectivity index (χ1) is 14.7. The molecule has 2 aromatic heterocycles. The average Bonchev–Trinajstić information content (AvgIpc) is 2.98. The standard InChI is InChI=1S/C23H28ClN5O2/c1-14-21(16(3)29(5)27-14)15(2)28(4)13-18-10-11-19(23(31)26-18)22(30)25-12-17-8-6-7-9-20(17)24/h6-11,15H,12-13H2,1-5H3,(H,25,30)(H,26,31). The van der Waals surface area contributed by atoms with E-state index in [-0.39, 0.29) is 18.2 Å². The van der Waals surface area contributed by atoms with Gasteiger partial charge in [0, 0.05) is 48.2 Å². The maximum absolute atomic E-state index is 12.5. The van der Waals surface area contributed by atoms with Crippen LogP contribution in [-0.4, -0.2) is 32.6 Å². The number of carbonyl (C=O) groups is 1. The third-order valence-corrected chi connectivity index (χ3v) is 6.04. The zero-order valence-corrected chi connectivity index (χ0v) is 19.2. The van der Waals surface area contributed by atoms with Gasteiger partial charge in [0.05, 0.1) is 5.69 Å². The van der Waals surface area contributed by atoms with Crippen LogP contribution in [0.15, 0.2) is 41.2 Å². The molecular formula is C23H28ClN5O2. The number of benzene rings is 1. The van der Waals surface area contributed by atoms with Crippen molar-refractivity contribution in [2.75, 3.05) is 7.05 Å². The normalized spacial score (nSPS) is 12.2. The van der Waals surface area contributed by atoms with Gasteiger partial charge >= 0.3 is 0 Å². The van der Waals surface area contributed by atoms with E-state index in [9.17, 15) is 9.59 Å². The van der Waals surface area contributed by atoms with Crippen molar-refractivity contribution in [3.8, 4) is 0 Å². The molecule has 0 radical (unpaired) electrons. The van der Waals surface area contributed by atoms with E-state index in [0.29, 0.717) is 11.6 Å². The number of aromatic amines is 1. The van der Waals surface area contributed by atoms with E-state index in [1.165, 1.54) is 5.56 Å². The number of amides is 1. The summed E-state index contributed by atoms with van der Waals surface area (Å²) in [5, 5.41) is 7.81. The summed E-state index contributed by atoms with van der Waals surface area (Å²) < 4.78 is 1.88. The number of aryl methyl sites for hydroxylation is 2. The molecule has 2 N–H and O–H groups in total. The fourth-order valence-corrected chi connectivity index (χ4v) is 3.92. The number of carbonyl (C=O) groups excluding carboxylic acids is 1. The van der Waals surface area contributed by atoms with E-state index >= 15 is 0 Å². The summed E-state index contributed by atoms with van der Waals surface area (Å²) in [7, 11) is 3.94. The highest BCUT2D eigenvalue weighted by molar-refractivity contribution is 6.31. The zero-order valence-electron chi connectivity index (χ0n) is 18.5. The first kappa shape index (κ1) is 22.8. The first-order valence-electron chi connectivity index (χ1n) is 10.1. The van der Waals surface area contributed by atoms with Crippen LogP contribution in [0.1, 0.15) is 51.5 Å². The Hall–Kier alpha value is -2.90. The molecule has 1 amide bonds. The zero-order chi connectivity index (χ0) is 22.7. The minimum absolute atomic E-state index is 0.0745. The number of hydrogen-bond donors (Lipinski definition) is 2. The number of hydrogen-bond acceptors (Lipinski definition) is 4. The Morgan fingerprint density at radius 3 is 2.58 bits per heavy atom. The van der Waals surface area contributed by atoms with Gasteiger partial charge in [-0.1, -0.05) is 29.8 Å². The summed E-state index contributed by atoms with van der Waals surface area (Å²) in [5.74, 6) is -0.434. The van der Waals surface area contributed by atoms with Crippen LogP contribution in [0, 0.1) is 13.8 Å². The van der Waals surface area contributed by atoms with E-state index in [4.69, 9.17) is 11.6 Å². The minimum Gasteiger partial charge on any atom is -0.348 e. The molecule has 0 fully saturated rings. The number of rotatable bonds is 7. The summed E-state index contributed by atoms with van der Waals surface area (Å²) in [6, 6.07) is 10.7. The van der Waals surface area contributed by atoms with Gasteiger partial charge in [0.2, 0.25) is 0 Å². The molecule has 1 unspecified atom stereocenters. The van der Waals surface area contributed by atoms with Crippen molar-refractivity contribution in [2.45, 2.75) is 39.9 Å². The van der Waals surface area contributed by atoms with Crippen LogP contribution in [0.5, 0.6) is 0 Å². The number of halogens is 1. The minimum atomic E-state index is -0.434. The van der Waals surface area contributed by atoms with Crippen LogP contribution >= 0.6 is 11.6 Å². The molecule has 3 aromatic rings. The maximum atomic E-state index is 12.5. The van der Waals surface area contributed by atoms with Gasteiger partial charge in [-0.3, -0.25) is 19.2 Å². The number of pyridine rings is 1. The van der Waals surface area contributed by atoms with E-state index in [0.717, 1.165) is 22.6 Å². The molecule has 2 heterocycles. The van der Waals surface area contributed by atoms with E-state index < -0.39 is 11.5 Å². The molecule has 3 rings (SSSR count). The van der Waals surface area contributed by atoms with Crippen LogP contribution in [0.4, 0.5) is 0 Å². The maximum Gasteiger partial charge on any atom is 0.261 e. The Morgan fingerprint density at radius 1 is 1.26 bits per heavy atom. The molecule has 1 aromatic carbocycles. The third kappa shape index (κ3) is 5.06. The second-order valence-electron chi connectivity index (χ2n) is 7.80. The molecule has 0 aliphatic heterocycles. The number of aromatic nitrogens is 3. The predicted octanol–water partition coefficient (Wildman–Crippen LogP) is 3.50. The Balaban J connectivity index is 1.68. The lowest BCUT2D eigenvalue weighted by molar-refractivity contribution is 0.0949. The van der Waals surface area contributed by atoms with Crippen LogP contribution in [0.3, 0.4) is 0 Å². The monoisotopic (exact) mass is 441 g/mol. The molecule has 0 aliphatic rings. The lowest BCUT2D eigenvalue weighted by atomic mass is 10.1. The molecule has 0 saturated heterocycles. The van der Waals surface area contributed by atoms with Crippen molar-refractivity contribution >= 4 is 17.5 Å². The summed E-state index contributed by atoms with van der Waals surface area (Å²) in [6.45, 7) is 6.96. The van der Waals surface area contributed by atoms with Gasteiger partial charge in [0.25, 0.3) is 11.5 Å². The molecule has 7 nitrogen and oxygen atoms in total. The second-order valence-corrected chi connectivity index (χ2v) is 8.21. The van der Waals surface area contributed by atoms with E-state index in [2.05, 4.69) is 34.1 Å². The van der Waals surface area contributed by atoms with Crippen molar-refractivity contribution in [1.82, 2.24) is 25.0 Å². The summed E-state index contributed by atoms with van der Waals surface area (Å²) in [5.41, 5.74) is 4.50. The molecule has 8 heteroatoms. The van der Waals surface area contributed by atoms with Crippen LogP contribution in [0.25, 0.3) is 0 Å². The molecule has 0 spiro atoms. The van der Waals surface area contributed by atoms with Crippen LogP contribution in [-0.2, 0) is 20.1 Å². The average molecular weight is 442 g/mol. The van der Waals surface area contributed by atoms with E-state index in [1.807, 2.05) is 43.9 Å². The fourth-order valence-electron chi connectivity index (χ4n) is 3.72. The smallest absolute Gasteiger partial charge is 0.261 e. The third-order valence-electron chi connectivity index (χ3n) is 5.68. The number of H-pyrrole nitrogens is 1. The fraction of sp³-hybridized carbons (Fsp3) is 0.348. The molecule has 31 heavy (non-hydrogen) atoms.